The van der Waals surface area contributed by atoms with Gasteiger partial charge in [0.25, 0.3) is 0 Å². The second-order valence-corrected chi connectivity index (χ2v) is 16.7. The Balaban J connectivity index is 1.10. The van der Waals surface area contributed by atoms with Gasteiger partial charge in [-0.1, -0.05) is 158 Å². The molecule has 3 heteroatoms. The molecule has 12 aromatic rings. The van der Waals surface area contributed by atoms with E-state index in [2.05, 4.69) is 199 Å². The first kappa shape index (κ1) is 33.7. The van der Waals surface area contributed by atoms with Gasteiger partial charge in [0, 0.05) is 38.5 Å². The fraction of sp³-hybridized carbons (Fsp3) is 0.0169. The molecule has 0 fully saturated rings. The van der Waals surface area contributed by atoms with E-state index >= 15 is 0 Å². The average Bonchev–Trinajstić information content (AvgIpc) is 4.07. The minimum Gasteiger partial charge on any atom is -0.456 e. The smallest absolute Gasteiger partial charge is 0.145 e. The number of nitrogens with zero attached hydrogens (tertiary/aromatic N) is 1. The molecule has 0 amide bonds. The summed E-state index contributed by atoms with van der Waals surface area (Å²) in [6.07, 6.45) is 0. The van der Waals surface area contributed by atoms with Crippen LogP contribution in [0.25, 0.3) is 88.0 Å². The molecule has 2 aromatic heterocycles. The molecule has 0 bridgehead atoms. The van der Waals surface area contributed by atoms with E-state index < -0.39 is 5.41 Å². The van der Waals surface area contributed by atoms with Crippen LogP contribution in [0.4, 0.5) is 17.1 Å². The van der Waals surface area contributed by atoms with E-state index in [1.165, 1.54) is 55.3 Å². The second kappa shape index (κ2) is 12.4. The van der Waals surface area contributed by atoms with Gasteiger partial charge in [-0.2, -0.15) is 0 Å². The van der Waals surface area contributed by atoms with Crippen molar-refractivity contribution in [3.8, 4) is 33.4 Å². The maximum Gasteiger partial charge on any atom is 0.145 e. The molecular formula is C59H35NO2. The Hall–Kier alpha value is -8.14. The molecule has 2 aliphatic rings. The molecule has 14 rings (SSSR count). The summed E-state index contributed by atoms with van der Waals surface area (Å²) in [5, 5.41) is 6.62. The highest BCUT2D eigenvalue weighted by Gasteiger charge is 2.51. The summed E-state index contributed by atoms with van der Waals surface area (Å²) in [7, 11) is 0. The van der Waals surface area contributed by atoms with Crippen LogP contribution in [0.5, 0.6) is 0 Å². The molecule has 0 N–H and O–H groups in total. The van der Waals surface area contributed by atoms with E-state index in [0.717, 1.165) is 72.1 Å². The molecule has 288 valence electrons. The lowest BCUT2D eigenvalue weighted by Gasteiger charge is -2.32. The van der Waals surface area contributed by atoms with Gasteiger partial charge in [-0.25, -0.2) is 0 Å². The molecular weight excluding hydrogens is 755 g/mol. The maximum absolute atomic E-state index is 7.18. The van der Waals surface area contributed by atoms with Crippen molar-refractivity contribution in [1.29, 1.82) is 0 Å². The normalized spacial score (nSPS) is 13.3. The SMILES string of the molecule is c1ccc(N(c2ccc3c(c2)C2(c4ccccc4-c4ccccc42)c2ccccc2-3)c2ccc3c(oc4ccc5oc6ccccc6c5c43)c2-c2cccc3ccccc23)cc1. The summed E-state index contributed by atoms with van der Waals surface area (Å²) in [5.74, 6) is 0. The molecule has 0 atom stereocenters. The third-order valence-corrected chi connectivity index (χ3v) is 13.7. The zero-order valence-electron chi connectivity index (χ0n) is 33.5. The highest BCUT2D eigenvalue weighted by atomic mass is 16.3. The van der Waals surface area contributed by atoms with E-state index in [4.69, 9.17) is 8.83 Å². The molecule has 0 saturated carbocycles. The molecule has 10 aromatic carbocycles. The van der Waals surface area contributed by atoms with Gasteiger partial charge in [-0.05, 0) is 115 Å². The van der Waals surface area contributed by atoms with Crippen LogP contribution < -0.4 is 4.90 Å². The molecule has 2 aliphatic carbocycles. The molecule has 0 unspecified atom stereocenters. The lowest BCUT2D eigenvalue weighted by Crippen LogP contribution is -2.26. The first-order valence-electron chi connectivity index (χ1n) is 21.3. The van der Waals surface area contributed by atoms with Gasteiger partial charge in [0.15, 0.2) is 0 Å². The summed E-state index contributed by atoms with van der Waals surface area (Å²) in [4.78, 5) is 2.44. The molecule has 2 heterocycles. The van der Waals surface area contributed by atoms with Crippen LogP contribution in [0.15, 0.2) is 221 Å². The Morgan fingerprint density at radius 2 is 0.903 bits per heavy atom. The van der Waals surface area contributed by atoms with Gasteiger partial charge in [0.2, 0.25) is 0 Å². The first-order chi connectivity index (χ1) is 30.8. The van der Waals surface area contributed by atoms with Crippen molar-refractivity contribution in [2.75, 3.05) is 4.90 Å². The Morgan fingerprint density at radius 1 is 0.339 bits per heavy atom. The van der Waals surface area contributed by atoms with Crippen molar-refractivity contribution in [3.05, 3.63) is 235 Å². The predicted molar refractivity (Wildman–Crippen MR) is 255 cm³/mol. The first-order valence-corrected chi connectivity index (χ1v) is 21.3. The van der Waals surface area contributed by atoms with Gasteiger partial charge in [0.1, 0.15) is 22.3 Å². The summed E-state index contributed by atoms with van der Waals surface area (Å²) < 4.78 is 13.6. The van der Waals surface area contributed by atoms with E-state index in [0.29, 0.717) is 0 Å². The highest BCUT2D eigenvalue weighted by Crippen LogP contribution is 2.63. The molecule has 62 heavy (non-hydrogen) atoms. The van der Waals surface area contributed by atoms with Crippen molar-refractivity contribution in [2.24, 2.45) is 0 Å². The van der Waals surface area contributed by atoms with Gasteiger partial charge in [-0.15, -0.1) is 0 Å². The molecule has 3 nitrogen and oxygen atoms in total. The minimum absolute atomic E-state index is 0.475. The second-order valence-electron chi connectivity index (χ2n) is 16.7. The summed E-state index contributed by atoms with van der Waals surface area (Å²) in [5.41, 5.74) is 18.7. The Kier molecular flexibility index (Phi) is 6.76. The van der Waals surface area contributed by atoms with Gasteiger partial charge < -0.3 is 13.7 Å². The van der Waals surface area contributed by atoms with E-state index in [1.54, 1.807) is 0 Å². The zero-order chi connectivity index (χ0) is 40.5. The topological polar surface area (TPSA) is 29.5 Å². The van der Waals surface area contributed by atoms with Crippen LogP contribution in [-0.4, -0.2) is 0 Å². The number of hydrogen-bond acceptors (Lipinski definition) is 3. The third-order valence-electron chi connectivity index (χ3n) is 13.7. The van der Waals surface area contributed by atoms with E-state index in [1.807, 2.05) is 18.2 Å². The monoisotopic (exact) mass is 789 g/mol. The fourth-order valence-corrected chi connectivity index (χ4v) is 11.3. The minimum atomic E-state index is -0.475. The van der Waals surface area contributed by atoms with Crippen molar-refractivity contribution in [3.63, 3.8) is 0 Å². The number of para-hydroxylation sites is 2. The number of rotatable bonds is 4. The van der Waals surface area contributed by atoms with Crippen LogP contribution in [0.1, 0.15) is 22.3 Å². The van der Waals surface area contributed by atoms with Crippen LogP contribution in [0.3, 0.4) is 0 Å². The van der Waals surface area contributed by atoms with Gasteiger partial charge in [-0.3, -0.25) is 0 Å². The van der Waals surface area contributed by atoms with Crippen molar-refractivity contribution in [2.45, 2.75) is 5.41 Å². The third kappa shape index (κ3) is 4.34. The Labute approximate surface area is 357 Å². The van der Waals surface area contributed by atoms with Gasteiger partial charge >= 0.3 is 0 Å². The molecule has 1 spiro atoms. The largest absolute Gasteiger partial charge is 0.456 e. The number of anilines is 3. The van der Waals surface area contributed by atoms with E-state index in [9.17, 15) is 0 Å². The van der Waals surface area contributed by atoms with Crippen molar-refractivity contribution < 1.29 is 8.83 Å². The lowest BCUT2D eigenvalue weighted by atomic mass is 9.70. The quantitative estimate of drug-likeness (QED) is 0.178. The number of fused-ring (bicyclic) bond motifs is 18. The summed E-state index contributed by atoms with van der Waals surface area (Å²) in [6, 6.07) is 77.3. The number of hydrogen-bond donors (Lipinski definition) is 0. The fourth-order valence-electron chi connectivity index (χ4n) is 11.3. The van der Waals surface area contributed by atoms with Crippen molar-refractivity contribution >= 4 is 71.7 Å². The van der Waals surface area contributed by atoms with Crippen LogP contribution in [-0.2, 0) is 5.41 Å². The van der Waals surface area contributed by atoms with Crippen LogP contribution >= 0.6 is 0 Å². The Bertz CT molecular complexity index is 3760. The lowest BCUT2D eigenvalue weighted by molar-refractivity contribution is 0.663. The Morgan fingerprint density at radius 3 is 1.65 bits per heavy atom. The molecule has 0 radical (unpaired) electrons. The summed E-state index contributed by atoms with van der Waals surface area (Å²) >= 11 is 0. The van der Waals surface area contributed by atoms with Gasteiger partial charge in [0.05, 0.1) is 11.1 Å². The number of benzene rings is 10. The van der Waals surface area contributed by atoms with Crippen molar-refractivity contribution in [1.82, 2.24) is 0 Å². The maximum atomic E-state index is 7.18. The standard InChI is InChI=1S/C59H35NO2/c1-2-17-37(18-3-1)60(38-29-30-43-42-22-8-12-27-49(42)59(50(43)35-38)47-25-10-6-20-40(47)41-21-7-11-26-48(41)59)51-32-31-46-57-54(34-33-53-56(57)45-23-9-13-28-52(45)61-53)62-58(46)55(51)44-24-14-16-36-15-4-5-19-39(36)44/h1-35H. The highest BCUT2D eigenvalue weighted by molar-refractivity contribution is 6.28. The number of furan rings is 2. The summed E-state index contributed by atoms with van der Waals surface area (Å²) in [6.45, 7) is 0. The molecule has 0 saturated heterocycles. The predicted octanol–water partition coefficient (Wildman–Crippen LogP) is 16.1. The van der Waals surface area contributed by atoms with Crippen LogP contribution in [0, 0.1) is 0 Å². The molecule has 0 aliphatic heterocycles. The van der Waals surface area contributed by atoms with E-state index in [-0.39, 0.29) is 0 Å². The zero-order valence-corrected chi connectivity index (χ0v) is 33.5. The van der Waals surface area contributed by atoms with Crippen LogP contribution in [0.2, 0.25) is 0 Å². The average molecular weight is 790 g/mol.